The summed E-state index contributed by atoms with van der Waals surface area (Å²) in [5, 5.41) is 0. The lowest BCUT2D eigenvalue weighted by atomic mass is 9.72. The summed E-state index contributed by atoms with van der Waals surface area (Å²) >= 11 is 0. The van der Waals surface area contributed by atoms with Crippen molar-refractivity contribution in [2.24, 2.45) is 23.0 Å². The lowest BCUT2D eigenvalue weighted by molar-refractivity contribution is -0.121. The van der Waals surface area contributed by atoms with Gasteiger partial charge in [-0.15, -0.1) is 0 Å². The summed E-state index contributed by atoms with van der Waals surface area (Å²) in [5.74, 6) is 1.41. The number of hydrogen-bond acceptors (Lipinski definition) is 2. The molecule has 2 rings (SSSR count). The molecule has 0 bridgehead atoms. The van der Waals surface area contributed by atoms with Crippen LogP contribution in [0.1, 0.15) is 85.5 Å². The van der Waals surface area contributed by atoms with Crippen molar-refractivity contribution in [3.05, 3.63) is 0 Å². The van der Waals surface area contributed by atoms with Crippen molar-refractivity contribution in [3.63, 3.8) is 0 Å². The lowest BCUT2D eigenvalue weighted by Crippen LogP contribution is -2.46. The van der Waals surface area contributed by atoms with Crippen LogP contribution in [-0.4, -0.2) is 18.2 Å². The number of ether oxygens (including phenoxy) is 1. The Bertz CT molecular complexity index is 309. The fourth-order valence-corrected chi connectivity index (χ4v) is 4.76. The highest BCUT2D eigenvalue weighted by Gasteiger charge is 2.40. The maximum absolute atomic E-state index is 6.60. The highest BCUT2D eigenvalue weighted by atomic mass is 16.5. The summed E-state index contributed by atoms with van der Waals surface area (Å²) in [6, 6.07) is 0.366. The lowest BCUT2D eigenvalue weighted by Gasteiger charge is -2.45. The molecule has 0 radical (unpaired) electrons. The maximum Gasteiger partial charge on any atom is 0.0685 e. The van der Waals surface area contributed by atoms with E-state index in [2.05, 4.69) is 27.7 Å². The van der Waals surface area contributed by atoms with Gasteiger partial charge in [-0.1, -0.05) is 47.0 Å². The first-order valence-electron chi connectivity index (χ1n) is 9.19. The Morgan fingerprint density at radius 1 is 1.19 bits per heavy atom. The fraction of sp³-hybridized carbons (Fsp3) is 1.00. The molecule has 1 saturated carbocycles. The number of hydrogen-bond donors (Lipinski definition) is 1. The molecular weight excluding hydrogens is 258 g/mol. The molecule has 1 spiro atoms. The van der Waals surface area contributed by atoms with E-state index in [1.165, 1.54) is 57.8 Å². The minimum absolute atomic E-state index is 0.200. The quantitative estimate of drug-likeness (QED) is 0.800. The van der Waals surface area contributed by atoms with Gasteiger partial charge in [0.15, 0.2) is 0 Å². The minimum Gasteiger partial charge on any atom is -0.375 e. The van der Waals surface area contributed by atoms with Crippen LogP contribution in [0.4, 0.5) is 0 Å². The summed E-state index contributed by atoms with van der Waals surface area (Å²) in [7, 11) is 0. The van der Waals surface area contributed by atoms with Gasteiger partial charge < -0.3 is 10.5 Å². The van der Waals surface area contributed by atoms with Crippen LogP contribution < -0.4 is 5.73 Å². The van der Waals surface area contributed by atoms with E-state index in [4.69, 9.17) is 10.5 Å². The molecular formula is C19H37NO. The van der Waals surface area contributed by atoms with Gasteiger partial charge in [0.25, 0.3) is 0 Å². The highest BCUT2D eigenvalue weighted by molar-refractivity contribution is 4.92. The van der Waals surface area contributed by atoms with Crippen molar-refractivity contribution in [2.75, 3.05) is 6.61 Å². The molecule has 0 aromatic carbocycles. The smallest absolute Gasteiger partial charge is 0.0685 e. The van der Waals surface area contributed by atoms with Crippen LogP contribution in [0.5, 0.6) is 0 Å². The van der Waals surface area contributed by atoms with Gasteiger partial charge in [-0.2, -0.15) is 0 Å². The zero-order valence-electron chi connectivity index (χ0n) is 14.8. The van der Waals surface area contributed by atoms with E-state index >= 15 is 0 Å². The molecule has 1 saturated heterocycles. The molecule has 1 aliphatic heterocycles. The largest absolute Gasteiger partial charge is 0.375 e. The molecule has 2 aliphatic rings. The Morgan fingerprint density at radius 3 is 2.48 bits per heavy atom. The second-order valence-corrected chi connectivity index (χ2v) is 9.11. The van der Waals surface area contributed by atoms with Crippen LogP contribution >= 0.6 is 0 Å². The van der Waals surface area contributed by atoms with Crippen LogP contribution in [0.25, 0.3) is 0 Å². The monoisotopic (exact) mass is 295 g/mol. The summed E-state index contributed by atoms with van der Waals surface area (Å²) in [6.45, 7) is 10.3. The number of rotatable bonds is 4. The standard InChI is InChI=1S/C19H37NO/c1-15(13-18(2,3)4)12-17(20)16-8-11-21-19(14-16)9-6-5-7-10-19/h15-17H,5-14,20H2,1-4H3. The third kappa shape index (κ3) is 5.25. The van der Waals surface area contributed by atoms with Crippen molar-refractivity contribution in [3.8, 4) is 0 Å². The normalized spacial score (nSPS) is 29.3. The van der Waals surface area contributed by atoms with E-state index in [0.717, 1.165) is 12.5 Å². The van der Waals surface area contributed by atoms with Crippen molar-refractivity contribution in [2.45, 2.75) is 97.1 Å². The van der Waals surface area contributed by atoms with Gasteiger partial charge in [-0.3, -0.25) is 0 Å². The summed E-state index contributed by atoms with van der Waals surface area (Å²) in [4.78, 5) is 0. The zero-order chi connectivity index (χ0) is 15.5. The Kier molecular flexibility index (Phi) is 5.76. The first kappa shape index (κ1) is 17.3. The molecule has 2 nitrogen and oxygen atoms in total. The van der Waals surface area contributed by atoms with Gasteiger partial charge in [-0.05, 0) is 55.8 Å². The summed E-state index contributed by atoms with van der Waals surface area (Å²) < 4.78 is 6.22. The Hall–Kier alpha value is -0.0800. The minimum atomic E-state index is 0.200. The van der Waals surface area contributed by atoms with Crippen molar-refractivity contribution < 1.29 is 4.74 Å². The van der Waals surface area contributed by atoms with Gasteiger partial charge in [0.05, 0.1) is 5.60 Å². The molecule has 2 heteroatoms. The van der Waals surface area contributed by atoms with Crippen molar-refractivity contribution >= 4 is 0 Å². The van der Waals surface area contributed by atoms with E-state index in [-0.39, 0.29) is 5.60 Å². The van der Waals surface area contributed by atoms with Crippen LogP contribution in [-0.2, 0) is 4.74 Å². The third-order valence-corrected chi connectivity index (χ3v) is 5.54. The van der Waals surface area contributed by atoms with E-state index in [9.17, 15) is 0 Å². The van der Waals surface area contributed by atoms with Crippen LogP contribution in [0.3, 0.4) is 0 Å². The van der Waals surface area contributed by atoms with E-state index in [0.29, 0.717) is 17.4 Å². The maximum atomic E-state index is 6.60. The number of nitrogens with two attached hydrogens (primary N) is 1. The average molecular weight is 296 g/mol. The molecule has 1 aliphatic carbocycles. The van der Waals surface area contributed by atoms with Crippen molar-refractivity contribution in [1.82, 2.24) is 0 Å². The summed E-state index contributed by atoms with van der Waals surface area (Å²) in [6.07, 6.45) is 11.5. The molecule has 0 amide bonds. The van der Waals surface area contributed by atoms with Crippen LogP contribution in [0.2, 0.25) is 0 Å². The third-order valence-electron chi connectivity index (χ3n) is 5.54. The van der Waals surface area contributed by atoms with Gasteiger partial charge in [-0.25, -0.2) is 0 Å². The Labute approximate surface area is 132 Å². The van der Waals surface area contributed by atoms with Crippen LogP contribution in [0.15, 0.2) is 0 Å². The fourth-order valence-electron chi connectivity index (χ4n) is 4.76. The Balaban J connectivity index is 1.85. The molecule has 2 fully saturated rings. The molecule has 0 aromatic heterocycles. The van der Waals surface area contributed by atoms with E-state index < -0.39 is 0 Å². The first-order chi connectivity index (χ1) is 9.80. The zero-order valence-corrected chi connectivity index (χ0v) is 14.8. The van der Waals surface area contributed by atoms with Gasteiger partial charge >= 0.3 is 0 Å². The van der Waals surface area contributed by atoms with Gasteiger partial charge in [0.2, 0.25) is 0 Å². The van der Waals surface area contributed by atoms with Gasteiger partial charge in [0.1, 0.15) is 0 Å². The molecule has 21 heavy (non-hydrogen) atoms. The first-order valence-corrected chi connectivity index (χ1v) is 9.19. The summed E-state index contributed by atoms with van der Waals surface area (Å²) in [5.41, 5.74) is 7.22. The molecule has 3 atom stereocenters. The van der Waals surface area contributed by atoms with Crippen LogP contribution in [0, 0.1) is 17.3 Å². The predicted octanol–water partition coefficient (Wildman–Crippen LogP) is 4.91. The van der Waals surface area contributed by atoms with Gasteiger partial charge in [0, 0.05) is 12.6 Å². The topological polar surface area (TPSA) is 35.2 Å². The van der Waals surface area contributed by atoms with E-state index in [1.807, 2.05) is 0 Å². The second kappa shape index (κ2) is 7.00. The molecule has 0 aromatic rings. The second-order valence-electron chi connectivity index (χ2n) is 9.11. The SMILES string of the molecule is CC(CC(N)C1CCOC2(CCCCC2)C1)CC(C)(C)C. The molecule has 2 N–H and O–H groups in total. The molecule has 3 unspecified atom stereocenters. The van der Waals surface area contributed by atoms with E-state index in [1.54, 1.807) is 0 Å². The Morgan fingerprint density at radius 2 is 1.86 bits per heavy atom. The predicted molar refractivity (Wildman–Crippen MR) is 90.3 cm³/mol. The molecule has 1 heterocycles. The van der Waals surface area contributed by atoms with Crippen molar-refractivity contribution in [1.29, 1.82) is 0 Å². The molecule has 124 valence electrons. The average Bonchev–Trinajstić information content (AvgIpc) is 2.37. The highest BCUT2D eigenvalue weighted by Crippen LogP contribution is 2.42.